The van der Waals surface area contributed by atoms with E-state index < -0.39 is 28.5 Å². The normalized spacial score (nSPS) is 12.1. The van der Waals surface area contributed by atoms with E-state index in [9.17, 15) is 18.0 Å². The van der Waals surface area contributed by atoms with E-state index in [1.807, 2.05) is 31.2 Å². The molecule has 0 aromatic heterocycles. The molecular formula is C26H26BrCl2N3O4S. The molecule has 3 rings (SSSR count). The second-order valence-corrected chi connectivity index (χ2v) is 12.0. The van der Waals surface area contributed by atoms with Crippen LogP contribution in [0.25, 0.3) is 0 Å². The summed E-state index contributed by atoms with van der Waals surface area (Å²) in [4.78, 5) is 27.6. The Morgan fingerprint density at radius 1 is 1.00 bits per heavy atom. The van der Waals surface area contributed by atoms with Crippen LogP contribution >= 0.6 is 39.1 Å². The molecule has 0 bridgehead atoms. The molecule has 0 aliphatic heterocycles. The van der Waals surface area contributed by atoms with Crippen LogP contribution in [0, 0.1) is 6.92 Å². The fourth-order valence-electron chi connectivity index (χ4n) is 3.61. The number of carbonyl (C=O) groups is 2. The van der Waals surface area contributed by atoms with Crippen LogP contribution < -0.4 is 9.62 Å². The van der Waals surface area contributed by atoms with Crippen LogP contribution in [0.2, 0.25) is 10.0 Å². The molecular weight excluding hydrogens is 601 g/mol. The van der Waals surface area contributed by atoms with Gasteiger partial charge in [0.2, 0.25) is 11.8 Å². The number of hydrogen-bond acceptors (Lipinski definition) is 4. The number of nitrogens with one attached hydrogen (secondary N) is 1. The first-order chi connectivity index (χ1) is 17.4. The molecule has 2 amide bonds. The third-order valence-electron chi connectivity index (χ3n) is 5.74. The van der Waals surface area contributed by atoms with Crippen LogP contribution in [0.5, 0.6) is 0 Å². The Bertz CT molecular complexity index is 1380. The maximum Gasteiger partial charge on any atom is 0.264 e. The van der Waals surface area contributed by atoms with Gasteiger partial charge in [-0.05, 0) is 61.9 Å². The summed E-state index contributed by atoms with van der Waals surface area (Å²) in [6, 6.07) is 17.0. The number of nitrogens with zero attached hydrogens (tertiary/aromatic N) is 2. The summed E-state index contributed by atoms with van der Waals surface area (Å²) < 4.78 is 29.4. The number of sulfonamides is 1. The van der Waals surface area contributed by atoms with Gasteiger partial charge in [0.25, 0.3) is 10.0 Å². The monoisotopic (exact) mass is 625 g/mol. The van der Waals surface area contributed by atoms with Gasteiger partial charge in [-0.25, -0.2) is 8.42 Å². The van der Waals surface area contributed by atoms with E-state index in [0.29, 0.717) is 0 Å². The van der Waals surface area contributed by atoms with Crippen molar-refractivity contribution in [3.05, 3.63) is 92.4 Å². The van der Waals surface area contributed by atoms with E-state index in [0.717, 1.165) is 19.9 Å². The Labute approximate surface area is 235 Å². The van der Waals surface area contributed by atoms with Crippen LogP contribution in [0.1, 0.15) is 18.1 Å². The van der Waals surface area contributed by atoms with Gasteiger partial charge in [-0.1, -0.05) is 69.0 Å². The molecule has 11 heteroatoms. The Morgan fingerprint density at radius 3 is 2.22 bits per heavy atom. The molecule has 0 aliphatic rings. The van der Waals surface area contributed by atoms with Gasteiger partial charge < -0.3 is 10.2 Å². The lowest BCUT2D eigenvalue weighted by atomic mass is 10.1. The smallest absolute Gasteiger partial charge is 0.264 e. The molecule has 0 radical (unpaired) electrons. The molecule has 0 fully saturated rings. The second kappa shape index (κ2) is 12.3. The molecule has 0 heterocycles. The van der Waals surface area contributed by atoms with Crippen LogP contribution in [0.15, 0.2) is 76.1 Å². The van der Waals surface area contributed by atoms with Crippen LogP contribution in [-0.2, 0) is 26.2 Å². The van der Waals surface area contributed by atoms with Crippen molar-refractivity contribution in [1.82, 2.24) is 10.2 Å². The number of rotatable bonds is 9. The second-order valence-electron chi connectivity index (χ2n) is 8.36. The first kappa shape index (κ1) is 29.0. The van der Waals surface area contributed by atoms with E-state index in [1.165, 1.54) is 42.3 Å². The van der Waals surface area contributed by atoms with Crippen molar-refractivity contribution >= 4 is 66.7 Å². The largest absolute Gasteiger partial charge is 0.357 e. The average molecular weight is 627 g/mol. The highest BCUT2D eigenvalue weighted by Gasteiger charge is 2.33. The topological polar surface area (TPSA) is 86.8 Å². The zero-order chi connectivity index (χ0) is 27.3. The number of likely N-dealkylation sites (N-methyl/N-ethyl adjacent to an activating group) is 1. The quantitative estimate of drug-likeness (QED) is 0.344. The number of hydrogen-bond donors (Lipinski definition) is 1. The first-order valence-electron chi connectivity index (χ1n) is 11.2. The third-order valence-corrected chi connectivity index (χ3v) is 8.60. The average Bonchev–Trinajstić information content (AvgIpc) is 2.87. The molecule has 196 valence electrons. The summed E-state index contributed by atoms with van der Waals surface area (Å²) in [5.74, 6) is -0.982. The lowest BCUT2D eigenvalue weighted by Gasteiger charge is -2.32. The van der Waals surface area contributed by atoms with Crippen LogP contribution in [0.3, 0.4) is 0 Å². The van der Waals surface area contributed by atoms with Gasteiger partial charge in [0.05, 0.1) is 15.6 Å². The molecule has 37 heavy (non-hydrogen) atoms. The highest BCUT2D eigenvalue weighted by Crippen LogP contribution is 2.33. The fraction of sp³-hybridized carbons (Fsp3) is 0.231. The predicted molar refractivity (Wildman–Crippen MR) is 150 cm³/mol. The van der Waals surface area contributed by atoms with E-state index in [-0.39, 0.29) is 33.1 Å². The van der Waals surface area contributed by atoms with Gasteiger partial charge in [0.15, 0.2) is 0 Å². The van der Waals surface area contributed by atoms with Crippen LogP contribution in [0.4, 0.5) is 5.69 Å². The number of anilines is 1. The molecule has 0 aliphatic carbocycles. The van der Waals surface area contributed by atoms with Crippen molar-refractivity contribution in [2.24, 2.45) is 0 Å². The van der Waals surface area contributed by atoms with Crippen molar-refractivity contribution < 1.29 is 18.0 Å². The highest BCUT2D eigenvalue weighted by molar-refractivity contribution is 9.10. The number of benzene rings is 3. The fourth-order valence-corrected chi connectivity index (χ4v) is 5.73. The zero-order valence-electron chi connectivity index (χ0n) is 20.4. The Morgan fingerprint density at radius 2 is 1.62 bits per heavy atom. The summed E-state index contributed by atoms with van der Waals surface area (Å²) in [7, 11) is -2.76. The first-order valence-corrected chi connectivity index (χ1v) is 14.2. The summed E-state index contributed by atoms with van der Waals surface area (Å²) in [6.45, 7) is 2.91. The molecule has 1 atom stereocenters. The maximum absolute atomic E-state index is 13.8. The predicted octanol–water partition coefficient (Wildman–Crippen LogP) is 5.42. The number of carbonyl (C=O) groups excluding carboxylic acids is 2. The molecule has 0 spiro atoms. The molecule has 0 saturated heterocycles. The summed E-state index contributed by atoms with van der Waals surface area (Å²) >= 11 is 16.0. The minimum Gasteiger partial charge on any atom is -0.357 e. The molecule has 7 nitrogen and oxygen atoms in total. The molecule has 0 saturated carbocycles. The van der Waals surface area contributed by atoms with Crippen molar-refractivity contribution in [2.75, 3.05) is 17.9 Å². The number of amides is 2. The van der Waals surface area contributed by atoms with Crippen molar-refractivity contribution in [1.29, 1.82) is 0 Å². The lowest BCUT2D eigenvalue weighted by molar-refractivity contribution is -0.139. The van der Waals surface area contributed by atoms with Crippen molar-refractivity contribution in [3.63, 3.8) is 0 Å². The lowest BCUT2D eigenvalue weighted by Crippen LogP contribution is -2.50. The maximum atomic E-state index is 13.8. The molecule has 0 unspecified atom stereocenters. The Kier molecular flexibility index (Phi) is 9.63. The molecule has 3 aromatic rings. The Balaban J connectivity index is 2.07. The summed E-state index contributed by atoms with van der Waals surface area (Å²) in [5, 5.41) is 2.90. The zero-order valence-corrected chi connectivity index (χ0v) is 24.3. The summed E-state index contributed by atoms with van der Waals surface area (Å²) in [6.07, 6.45) is 0. The molecule has 1 N–H and O–H groups in total. The third kappa shape index (κ3) is 7.04. The molecule has 3 aromatic carbocycles. The van der Waals surface area contributed by atoms with Gasteiger partial charge in [0.1, 0.15) is 12.6 Å². The number of halogens is 3. The van der Waals surface area contributed by atoms with E-state index in [4.69, 9.17) is 23.2 Å². The van der Waals surface area contributed by atoms with E-state index in [1.54, 1.807) is 19.1 Å². The van der Waals surface area contributed by atoms with E-state index >= 15 is 0 Å². The van der Waals surface area contributed by atoms with Crippen LogP contribution in [-0.4, -0.2) is 44.8 Å². The van der Waals surface area contributed by atoms with Gasteiger partial charge in [-0.3, -0.25) is 13.9 Å². The minimum absolute atomic E-state index is 0.0132. The van der Waals surface area contributed by atoms with E-state index in [2.05, 4.69) is 21.2 Å². The Hall–Kier alpha value is -2.59. The van der Waals surface area contributed by atoms with Gasteiger partial charge >= 0.3 is 0 Å². The van der Waals surface area contributed by atoms with Gasteiger partial charge in [-0.2, -0.15) is 0 Å². The van der Waals surface area contributed by atoms with Gasteiger partial charge in [-0.15, -0.1) is 0 Å². The van der Waals surface area contributed by atoms with Crippen molar-refractivity contribution in [2.45, 2.75) is 31.3 Å². The van der Waals surface area contributed by atoms with Gasteiger partial charge in [0, 0.05) is 23.1 Å². The van der Waals surface area contributed by atoms with Crippen molar-refractivity contribution in [3.8, 4) is 0 Å². The number of aryl methyl sites for hydroxylation is 1. The SMILES string of the molecule is CNC(=O)[C@@H](C)N(Cc1ccc(Br)cc1)C(=O)CN(c1cc(Cl)ccc1Cl)S(=O)(=O)c1ccc(C)cc1. The summed E-state index contributed by atoms with van der Waals surface area (Å²) in [5.41, 5.74) is 1.70. The minimum atomic E-state index is -4.23. The standard InChI is InChI=1S/C26H26BrCl2N3O4S/c1-17-4-11-22(12-5-17)37(35,36)32(24-14-21(28)10-13-23(24)29)16-25(33)31(18(2)26(34)30-3)15-19-6-8-20(27)9-7-19/h4-14,18H,15-16H2,1-3H3,(H,30,34)/t18-/m1/s1. The highest BCUT2D eigenvalue weighted by atomic mass is 79.9.